The van der Waals surface area contributed by atoms with Crippen molar-refractivity contribution in [3.05, 3.63) is 37.3 Å². The molecule has 0 bridgehead atoms. The van der Waals surface area contributed by atoms with Crippen LogP contribution in [-0.4, -0.2) is 14.9 Å². The highest BCUT2D eigenvalue weighted by atomic mass is 35.5. The summed E-state index contributed by atoms with van der Waals surface area (Å²) >= 11 is 13.8. The maximum Gasteiger partial charge on any atom is 0.130 e. The molecule has 18 heavy (non-hydrogen) atoms. The van der Waals surface area contributed by atoms with E-state index in [0.29, 0.717) is 16.6 Å². The van der Waals surface area contributed by atoms with E-state index in [1.807, 2.05) is 19.2 Å². The van der Waals surface area contributed by atoms with Crippen LogP contribution in [-0.2, 0) is 13.5 Å². The van der Waals surface area contributed by atoms with Gasteiger partial charge in [0.1, 0.15) is 5.15 Å². The fourth-order valence-electron chi connectivity index (χ4n) is 1.87. The van der Waals surface area contributed by atoms with Crippen molar-refractivity contribution in [2.45, 2.75) is 26.4 Å². The number of aliphatic hydroxyl groups excluding tert-OH is 1. The van der Waals surface area contributed by atoms with E-state index >= 15 is 0 Å². The summed E-state index contributed by atoms with van der Waals surface area (Å²) in [5.41, 5.74) is 2.70. The minimum Gasteiger partial charge on any atom is -0.387 e. The molecule has 0 aliphatic heterocycles. The van der Waals surface area contributed by atoms with Crippen LogP contribution in [0.25, 0.3) is 0 Å². The van der Waals surface area contributed by atoms with Crippen LogP contribution in [0.1, 0.15) is 27.8 Å². The summed E-state index contributed by atoms with van der Waals surface area (Å²) in [6.45, 7) is 3.81. The normalized spacial score (nSPS) is 13.0. The summed E-state index contributed by atoms with van der Waals surface area (Å²) in [7, 11) is 1.79. The van der Waals surface area contributed by atoms with Gasteiger partial charge in [-0.05, 0) is 24.8 Å². The maximum absolute atomic E-state index is 10.3. The molecule has 6 heteroatoms. The molecule has 3 nitrogen and oxygen atoms in total. The predicted octanol–water partition coefficient (Wildman–Crippen LogP) is 3.68. The molecule has 0 spiro atoms. The van der Waals surface area contributed by atoms with Crippen molar-refractivity contribution in [2.24, 2.45) is 7.05 Å². The maximum atomic E-state index is 10.3. The first kappa shape index (κ1) is 13.9. The topological polar surface area (TPSA) is 38.1 Å². The third-order valence-electron chi connectivity index (χ3n) is 2.90. The Morgan fingerprint density at radius 1 is 1.44 bits per heavy atom. The number of aryl methyl sites for hydroxylation is 3. The lowest BCUT2D eigenvalue weighted by atomic mass is 10.1. The second kappa shape index (κ2) is 5.21. The van der Waals surface area contributed by atoms with Gasteiger partial charge in [-0.1, -0.05) is 23.2 Å². The van der Waals surface area contributed by atoms with E-state index in [9.17, 15) is 5.11 Å². The van der Waals surface area contributed by atoms with Gasteiger partial charge in [0.15, 0.2) is 0 Å². The molecule has 0 aliphatic rings. The van der Waals surface area contributed by atoms with Crippen LogP contribution in [0.3, 0.4) is 0 Å². The standard InChI is InChI=1S/C12H14Cl2N2OS/c1-6-5-18-11(10(6)13)9(17)4-8-7(2)15-16(3)12(8)14/h5,9,17H,4H2,1-3H3. The van der Waals surface area contributed by atoms with Crippen molar-refractivity contribution in [2.75, 3.05) is 0 Å². The van der Waals surface area contributed by atoms with Crippen LogP contribution >= 0.6 is 34.5 Å². The van der Waals surface area contributed by atoms with E-state index in [0.717, 1.165) is 21.7 Å². The monoisotopic (exact) mass is 304 g/mol. The first-order valence-corrected chi connectivity index (χ1v) is 7.15. The second-order valence-electron chi connectivity index (χ2n) is 4.30. The molecule has 0 radical (unpaired) electrons. The molecule has 2 heterocycles. The van der Waals surface area contributed by atoms with E-state index in [2.05, 4.69) is 5.10 Å². The minimum atomic E-state index is -0.642. The molecule has 2 aromatic rings. The van der Waals surface area contributed by atoms with Crippen molar-refractivity contribution in [1.29, 1.82) is 0 Å². The summed E-state index contributed by atoms with van der Waals surface area (Å²) in [4.78, 5) is 0.786. The number of aromatic nitrogens is 2. The Hall–Kier alpha value is -0.550. The first-order valence-electron chi connectivity index (χ1n) is 5.51. The molecular formula is C12H14Cl2N2OS. The molecule has 2 aromatic heterocycles. The number of rotatable bonds is 3. The largest absolute Gasteiger partial charge is 0.387 e. The molecule has 0 aromatic carbocycles. The van der Waals surface area contributed by atoms with Crippen LogP contribution in [0.4, 0.5) is 0 Å². The third-order valence-corrected chi connectivity index (χ3v) is 5.18. The number of hydrogen-bond acceptors (Lipinski definition) is 3. The Bertz CT molecular complexity index is 577. The summed E-state index contributed by atoms with van der Waals surface area (Å²) in [6.07, 6.45) is -0.213. The molecule has 1 atom stereocenters. The molecule has 0 saturated heterocycles. The van der Waals surface area contributed by atoms with Crippen molar-refractivity contribution < 1.29 is 5.11 Å². The Labute approximate surface area is 120 Å². The number of thiophene rings is 1. The molecule has 0 fully saturated rings. The zero-order valence-electron chi connectivity index (χ0n) is 10.4. The van der Waals surface area contributed by atoms with Gasteiger partial charge < -0.3 is 5.11 Å². The van der Waals surface area contributed by atoms with Crippen molar-refractivity contribution >= 4 is 34.5 Å². The second-order valence-corrected chi connectivity index (χ2v) is 5.94. The predicted molar refractivity (Wildman–Crippen MR) is 75.7 cm³/mol. The van der Waals surface area contributed by atoms with E-state index in [-0.39, 0.29) is 0 Å². The van der Waals surface area contributed by atoms with E-state index in [1.165, 1.54) is 11.3 Å². The molecule has 1 N–H and O–H groups in total. The molecule has 1 unspecified atom stereocenters. The Balaban J connectivity index is 2.26. The van der Waals surface area contributed by atoms with E-state index < -0.39 is 6.10 Å². The fourth-order valence-corrected chi connectivity index (χ4v) is 3.42. The summed E-state index contributed by atoms with van der Waals surface area (Å²) < 4.78 is 1.61. The quantitative estimate of drug-likeness (QED) is 0.939. The van der Waals surface area contributed by atoms with Crippen LogP contribution < -0.4 is 0 Å². The molecule has 0 aliphatic carbocycles. The average Bonchev–Trinajstić information content (AvgIpc) is 2.75. The van der Waals surface area contributed by atoms with Crippen LogP contribution in [0.5, 0.6) is 0 Å². The highest BCUT2D eigenvalue weighted by Crippen LogP contribution is 2.35. The van der Waals surface area contributed by atoms with Crippen molar-refractivity contribution in [3.8, 4) is 0 Å². The summed E-state index contributed by atoms with van der Waals surface area (Å²) in [6, 6.07) is 0. The summed E-state index contributed by atoms with van der Waals surface area (Å²) in [5, 5.41) is 17.6. The van der Waals surface area contributed by atoms with Crippen LogP contribution in [0.15, 0.2) is 5.38 Å². The smallest absolute Gasteiger partial charge is 0.130 e. The lowest BCUT2D eigenvalue weighted by Crippen LogP contribution is -2.01. The summed E-state index contributed by atoms with van der Waals surface area (Å²) in [5.74, 6) is 0. The van der Waals surface area contributed by atoms with Gasteiger partial charge in [0.2, 0.25) is 0 Å². The zero-order valence-corrected chi connectivity index (χ0v) is 12.7. The molecular weight excluding hydrogens is 291 g/mol. The molecule has 98 valence electrons. The van der Waals surface area contributed by atoms with Crippen LogP contribution in [0, 0.1) is 13.8 Å². The molecule has 0 amide bonds. The highest BCUT2D eigenvalue weighted by Gasteiger charge is 2.20. The Morgan fingerprint density at radius 3 is 2.56 bits per heavy atom. The van der Waals surface area contributed by atoms with Gasteiger partial charge in [0.05, 0.1) is 21.7 Å². The average molecular weight is 305 g/mol. The van der Waals surface area contributed by atoms with Gasteiger partial charge >= 0.3 is 0 Å². The SMILES string of the molecule is Cc1csc(C(O)Cc2c(C)nn(C)c2Cl)c1Cl. The fraction of sp³-hybridized carbons (Fsp3) is 0.417. The zero-order chi connectivity index (χ0) is 13.4. The van der Waals surface area contributed by atoms with Gasteiger partial charge in [0, 0.05) is 19.0 Å². The lowest BCUT2D eigenvalue weighted by Gasteiger charge is -2.09. The minimum absolute atomic E-state index is 0.429. The Morgan fingerprint density at radius 2 is 2.11 bits per heavy atom. The number of aliphatic hydroxyl groups is 1. The van der Waals surface area contributed by atoms with Crippen LogP contribution in [0.2, 0.25) is 10.2 Å². The van der Waals surface area contributed by atoms with Gasteiger partial charge in [-0.3, -0.25) is 4.68 Å². The number of nitrogens with zero attached hydrogens (tertiary/aromatic N) is 2. The van der Waals surface area contributed by atoms with E-state index in [4.69, 9.17) is 23.2 Å². The third kappa shape index (κ3) is 2.43. The molecule has 2 rings (SSSR count). The molecule has 0 saturated carbocycles. The number of halogens is 2. The van der Waals surface area contributed by atoms with Gasteiger partial charge in [-0.2, -0.15) is 5.10 Å². The lowest BCUT2D eigenvalue weighted by molar-refractivity contribution is 0.182. The van der Waals surface area contributed by atoms with Crippen molar-refractivity contribution in [1.82, 2.24) is 9.78 Å². The Kier molecular flexibility index (Phi) is 4.02. The first-order chi connectivity index (χ1) is 8.41. The van der Waals surface area contributed by atoms with Gasteiger partial charge in [0.25, 0.3) is 0 Å². The van der Waals surface area contributed by atoms with E-state index in [1.54, 1.807) is 11.7 Å². The van der Waals surface area contributed by atoms with Gasteiger partial charge in [-0.15, -0.1) is 11.3 Å². The number of hydrogen-bond donors (Lipinski definition) is 1. The highest BCUT2D eigenvalue weighted by molar-refractivity contribution is 7.10. The van der Waals surface area contributed by atoms with Gasteiger partial charge in [-0.25, -0.2) is 0 Å². The van der Waals surface area contributed by atoms with Crippen molar-refractivity contribution in [3.63, 3.8) is 0 Å².